The maximum atomic E-state index is 12.9. The van der Waals surface area contributed by atoms with Crippen LogP contribution in [0.1, 0.15) is 85.1 Å². The monoisotopic (exact) mass is 648 g/mol. The minimum Gasteiger partial charge on any atom is -0.462 e. The Kier molecular flexibility index (Phi) is 8.57. The first-order valence-electron chi connectivity index (χ1n) is 17.6. The van der Waals surface area contributed by atoms with Gasteiger partial charge in [-0.3, -0.25) is 0 Å². The van der Waals surface area contributed by atoms with Gasteiger partial charge in [-0.15, -0.1) is 6.58 Å². The van der Waals surface area contributed by atoms with Gasteiger partial charge in [-0.25, -0.2) is 4.79 Å². The largest absolute Gasteiger partial charge is 0.462 e. The lowest BCUT2D eigenvalue weighted by molar-refractivity contribution is -0.256. The second kappa shape index (κ2) is 11.7. The third-order valence-corrected chi connectivity index (χ3v) is 14.9. The van der Waals surface area contributed by atoms with Crippen LogP contribution in [0.5, 0.6) is 0 Å². The Morgan fingerprint density at radius 1 is 0.936 bits per heavy atom. The molecule has 7 nitrogen and oxygen atoms in total. The highest BCUT2D eigenvalue weighted by molar-refractivity contribution is 5.87. The predicted molar refractivity (Wildman–Crippen MR) is 182 cm³/mol. The van der Waals surface area contributed by atoms with Crippen LogP contribution in [0.25, 0.3) is 6.08 Å². The minimum atomic E-state index is -1.24. The number of esters is 1. The Labute approximate surface area is 280 Å². The van der Waals surface area contributed by atoms with E-state index in [2.05, 4.69) is 39.5 Å². The quantitative estimate of drug-likeness (QED) is 0.158. The molecule has 0 saturated heterocycles. The summed E-state index contributed by atoms with van der Waals surface area (Å²) in [6.07, 6.45) is 8.50. The number of ether oxygens (including phenoxy) is 1. The van der Waals surface area contributed by atoms with E-state index in [0.717, 1.165) is 31.2 Å². The summed E-state index contributed by atoms with van der Waals surface area (Å²) in [4.78, 5) is 12.9. The molecule has 6 rings (SSSR count). The van der Waals surface area contributed by atoms with E-state index in [0.29, 0.717) is 19.3 Å². The van der Waals surface area contributed by atoms with Crippen molar-refractivity contribution in [3.05, 3.63) is 66.3 Å². The summed E-state index contributed by atoms with van der Waals surface area (Å²) in [6.45, 7) is 14.8. The lowest BCUT2D eigenvalue weighted by atomic mass is 9.32. The number of carbonyl (C=O) groups is 1. The van der Waals surface area contributed by atoms with Gasteiger partial charge < -0.3 is 30.3 Å². The molecule has 0 radical (unpaired) electrons. The van der Waals surface area contributed by atoms with Crippen LogP contribution in [-0.2, 0) is 9.53 Å². The summed E-state index contributed by atoms with van der Waals surface area (Å²) >= 11 is 0. The van der Waals surface area contributed by atoms with Crippen molar-refractivity contribution in [2.45, 2.75) is 104 Å². The number of allylic oxidation sites excluding steroid dienone is 3. The fourth-order valence-corrected chi connectivity index (χ4v) is 11.8. The molecular formula is C40H56O7. The smallest absolute Gasteiger partial charge is 0.330 e. The summed E-state index contributed by atoms with van der Waals surface area (Å²) in [7, 11) is 0. The lowest BCUT2D eigenvalue weighted by Crippen LogP contribution is -2.71. The van der Waals surface area contributed by atoms with Crippen molar-refractivity contribution in [3.63, 3.8) is 0 Å². The molecule has 5 aliphatic carbocycles. The lowest BCUT2D eigenvalue weighted by Gasteiger charge is -2.72. The number of fused-ring (bicyclic) bond motifs is 7. The predicted octanol–water partition coefficient (Wildman–Crippen LogP) is 5.46. The highest BCUT2D eigenvalue weighted by Gasteiger charge is 2.72. The van der Waals surface area contributed by atoms with Crippen molar-refractivity contribution >= 4 is 12.0 Å². The molecule has 7 heteroatoms. The summed E-state index contributed by atoms with van der Waals surface area (Å²) < 4.78 is 5.88. The fourth-order valence-electron chi connectivity index (χ4n) is 11.8. The highest BCUT2D eigenvalue weighted by atomic mass is 16.5. The molecule has 1 aromatic rings. The van der Waals surface area contributed by atoms with Crippen LogP contribution >= 0.6 is 0 Å². The normalized spacial score (nSPS) is 47.1. The number of benzene rings is 1. The first-order chi connectivity index (χ1) is 22.1. The number of aliphatic hydroxyl groups excluding tert-OH is 5. The van der Waals surface area contributed by atoms with Crippen molar-refractivity contribution in [1.82, 2.24) is 0 Å². The summed E-state index contributed by atoms with van der Waals surface area (Å²) in [6, 6.07) is 9.61. The van der Waals surface area contributed by atoms with Crippen molar-refractivity contribution in [3.8, 4) is 0 Å². The van der Waals surface area contributed by atoms with E-state index in [-0.39, 0.29) is 35.2 Å². The van der Waals surface area contributed by atoms with Gasteiger partial charge in [-0.05, 0) is 96.0 Å². The van der Waals surface area contributed by atoms with Crippen LogP contribution in [0.2, 0.25) is 0 Å². The maximum Gasteiger partial charge on any atom is 0.330 e. The number of hydrogen-bond donors (Lipinski definition) is 5. The average Bonchev–Trinajstić information content (AvgIpc) is 3.04. The molecule has 0 bridgehead atoms. The van der Waals surface area contributed by atoms with Crippen LogP contribution in [0.15, 0.2) is 60.7 Å². The molecule has 5 N–H and O–H groups in total. The maximum absolute atomic E-state index is 12.9. The van der Waals surface area contributed by atoms with E-state index in [4.69, 9.17) is 4.74 Å². The van der Waals surface area contributed by atoms with E-state index in [1.807, 2.05) is 44.2 Å². The molecular weight excluding hydrogens is 592 g/mol. The molecule has 4 saturated carbocycles. The molecule has 0 spiro atoms. The highest BCUT2D eigenvalue weighted by Crippen LogP contribution is 2.76. The topological polar surface area (TPSA) is 127 Å². The fraction of sp³-hybridized carbons (Fsp3) is 0.675. The van der Waals surface area contributed by atoms with Crippen molar-refractivity contribution in [1.29, 1.82) is 0 Å². The van der Waals surface area contributed by atoms with Gasteiger partial charge in [-0.1, -0.05) is 82.7 Å². The Balaban J connectivity index is 1.34. The molecule has 0 aromatic heterocycles. The van der Waals surface area contributed by atoms with Crippen LogP contribution in [-0.4, -0.2) is 69.1 Å². The third-order valence-electron chi connectivity index (χ3n) is 14.9. The van der Waals surface area contributed by atoms with E-state index < -0.39 is 58.7 Å². The molecule has 12 atom stereocenters. The van der Waals surface area contributed by atoms with Crippen LogP contribution in [0.3, 0.4) is 0 Å². The molecule has 258 valence electrons. The minimum absolute atomic E-state index is 0.0365. The molecule has 0 aliphatic heterocycles. The SMILES string of the molecule is C=C[C@]12CC[C@H](O)[C@](C)(COC(=O)/C=C/c3ccccc3)C1CC[C@]1(C)C2CC=C2C3CC(C)(C)[C@@H](O)[C@H](O)[C@]3(CO)[C@H](O)C[C@]21C. The van der Waals surface area contributed by atoms with E-state index >= 15 is 0 Å². The van der Waals surface area contributed by atoms with Crippen molar-refractivity contribution in [2.24, 2.45) is 50.2 Å². The van der Waals surface area contributed by atoms with Crippen LogP contribution in [0, 0.1) is 50.2 Å². The van der Waals surface area contributed by atoms with Gasteiger partial charge in [0.25, 0.3) is 0 Å². The van der Waals surface area contributed by atoms with Gasteiger partial charge in [0, 0.05) is 11.5 Å². The Hall–Kier alpha value is -2.29. The number of aliphatic hydroxyl groups is 5. The first kappa shape index (κ1) is 34.6. The zero-order valence-corrected chi connectivity index (χ0v) is 28.9. The number of carbonyl (C=O) groups excluding carboxylic acids is 1. The second-order valence-electron chi connectivity index (χ2n) is 17.1. The Bertz CT molecular complexity index is 1430. The van der Waals surface area contributed by atoms with Crippen LogP contribution in [0.4, 0.5) is 0 Å². The zero-order valence-electron chi connectivity index (χ0n) is 28.9. The number of hydrogen-bond acceptors (Lipinski definition) is 7. The summed E-state index contributed by atoms with van der Waals surface area (Å²) in [5.41, 5.74) is -1.35. The first-order valence-corrected chi connectivity index (χ1v) is 17.6. The molecule has 3 unspecified atom stereocenters. The standard InChI is InChI=1S/C40H56O7/c1-7-39-20-18-30(42)36(4,24-47-32(44)16-13-25-11-9-8-10-12-25)28(39)17-19-37(5)29(39)15-14-26-27-21-35(2,3)33(45)34(46)40(27,23-41)31(43)22-38(26,37)6/h7-14,16,27-31,33-34,41-43,45-46H,1,15,17-24H2,2-6H3/b16-13+/t27?,28?,29?,30-,31+,33-,34-,36+,37+,38+,39-,40-/m0/s1. The van der Waals surface area contributed by atoms with E-state index in [1.165, 1.54) is 11.6 Å². The van der Waals surface area contributed by atoms with Gasteiger partial charge in [0.15, 0.2) is 0 Å². The van der Waals surface area contributed by atoms with Crippen molar-refractivity contribution in [2.75, 3.05) is 13.2 Å². The Morgan fingerprint density at radius 2 is 1.64 bits per heavy atom. The summed E-state index contributed by atoms with van der Waals surface area (Å²) in [5, 5.41) is 57.0. The second-order valence-corrected chi connectivity index (χ2v) is 17.1. The van der Waals surface area contributed by atoms with Gasteiger partial charge in [0.1, 0.15) is 0 Å². The van der Waals surface area contributed by atoms with Gasteiger partial charge in [0.05, 0.1) is 43.0 Å². The number of rotatable bonds is 6. The van der Waals surface area contributed by atoms with E-state index in [9.17, 15) is 30.3 Å². The zero-order chi connectivity index (χ0) is 34.2. The van der Waals surface area contributed by atoms with Gasteiger partial charge in [0.2, 0.25) is 0 Å². The summed E-state index contributed by atoms with van der Waals surface area (Å²) in [5.74, 6) is -0.496. The van der Waals surface area contributed by atoms with Crippen LogP contribution < -0.4 is 0 Å². The van der Waals surface area contributed by atoms with Crippen molar-refractivity contribution < 1.29 is 35.1 Å². The molecule has 4 fully saturated rings. The molecule has 47 heavy (non-hydrogen) atoms. The molecule has 0 amide bonds. The third kappa shape index (κ3) is 4.74. The Morgan fingerprint density at radius 3 is 2.30 bits per heavy atom. The molecule has 0 heterocycles. The molecule has 5 aliphatic rings. The van der Waals surface area contributed by atoms with Gasteiger partial charge in [-0.2, -0.15) is 0 Å². The molecule has 1 aromatic carbocycles. The average molecular weight is 649 g/mol. The van der Waals surface area contributed by atoms with E-state index in [1.54, 1.807) is 6.08 Å². The van der Waals surface area contributed by atoms with Gasteiger partial charge >= 0.3 is 5.97 Å².